The maximum absolute atomic E-state index is 12.6. The van der Waals surface area contributed by atoms with Gasteiger partial charge in [-0.15, -0.1) is 0 Å². The fourth-order valence-electron chi connectivity index (χ4n) is 2.54. The van der Waals surface area contributed by atoms with E-state index in [0.29, 0.717) is 26.0 Å². The minimum absolute atomic E-state index is 0.0342. The molecule has 0 aliphatic heterocycles. The van der Waals surface area contributed by atoms with Crippen molar-refractivity contribution in [3.8, 4) is 0 Å². The smallest absolute Gasteiger partial charge is 0.325 e. The Morgan fingerprint density at radius 2 is 1.89 bits per heavy atom. The topological polar surface area (TPSA) is 72.6 Å². The van der Waals surface area contributed by atoms with Gasteiger partial charge in [0.05, 0.1) is 17.0 Å². The van der Waals surface area contributed by atoms with E-state index in [2.05, 4.69) is 0 Å². The average molecular weight is 286 g/mol. The monoisotopic (exact) mass is 286 g/mol. The summed E-state index contributed by atoms with van der Waals surface area (Å²) in [5.41, 5.74) is 5.03. The van der Waals surface area contributed by atoms with E-state index in [-0.39, 0.29) is 17.4 Å². The largest absolute Gasteiger partial charge is 0.465 e. The zero-order valence-electron chi connectivity index (χ0n) is 11.6. The van der Waals surface area contributed by atoms with Gasteiger partial charge in [0.2, 0.25) is 5.91 Å². The first-order chi connectivity index (χ1) is 8.97. The molecule has 0 saturated heterocycles. The van der Waals surface area contributed by atoms with Crippen molar-refractivity contribution < 1.29 is 14.3 Å². The second-order valence-corrected chi connectivity index (χ2v) is 5.22. The van der Waals surface area contributed by atoms with Crippen LogP contribution in [0.3, 0.4) is 0 Å². The summed E-state index contributed by atoms with van der Waals surface area (Å²) >= 11 is 5.09. The van der Waals surface area contributed by atoms with Gasteiger partial charge in [-0.3, -0.25) is 9.59 Å². The van der Waals surface area contributed by atoms with Gasteiger partial charge >= 0.3 is 5.97 Å². The molecule has 0 aromatic carbocycles. The van der Waals surface area contributed by atoms with Gasteiger partial charge in [0.25, 0.3) is 0 Å². The molecule has 1 fully saturated rings. The van der Waals surface area contributed by atoms with Crippen LogP contribution < -0.4 is 5.73 Å². The first kappa shape index (κ1) is 15.9. The summed E-state index contributed by atoms with van der Waals surface area (Å²) < 4.78 is 4.88. The van der Waals surface area contributed by atoms with E-state index >= 15 is 0 Å². The van der Waals surface area contributed by atoms with Gasteiger partial charge in [-0.05, 0) is 26.7 Å². The Labute approximate surface area is 119 Å². The number of rotatable bonds is 6. The molecule has 0 aromatic rings. The summed E-state index contributed by atoms with van der Waals surface area (Å²) in [7, 11) is 0. The number of carbonyl (C=O) groups excluding carboxylic acids is 2. The molecule has 108 valence electrons. The van der Waals surface area contributed by atoms with Gasteiger partial charge in [0, 0.05) is 6.54 Å². The quantitative estimate of drug-likeness (QED) is 0.587. The highest BCUT2D eigenvalue weighted by Crippen LogP contribution is 2.40. The van der Waals surface area contributed by atoms with Crippen LogP contribution in [0.2, 0.25) is 0 Å². The number of hydrogen-bond donors (Lipinski definition) is 1. The maximum atomic E-state index is 12.6. The molecular formula is C13H22N2O3S. The van der Waals surface area contributed by atoms with Crippen LogP contribution >= 0.6 is 12.2 Å². The van der Waals surface area contributed by atoms with Gasteiger partial charge in [0.1, 0.15) is 6.54 Å². The molecular weight excluding hydrogens is 264 g/mol. The van der Waals surface area contributed by atoms with Crippen LogP contribution in [0, 0.1) is 5.41 Å². The second-order valence-electron chi connectivity index (χ2n) is 4.78. The Hall–Kier alpha value is -1.17. The zero-order valence-corrected chi connectivity index (χ0v) is 12.4. The number of hydrogen-bond acceptors (Lipinski definition) is 4. The first-order valence-electron chi connectivity index (χ1n) is 6.72. The number of amides is 1. The fourth-order valence-corrected chi connectivity index (χ4v) is 2.83. The second kappa shape index (κ2) is 6.84. The third-order valence-corrected chi connectivity index (χ3v) is 4.02. The van der Waals surface area contributed by atoms with Crippen LogP contribution in [0.15, 0.2) is 0 Å². The van der Waals surface area contributed by atoms with E-state index in [4.69, 9.17) is 22.7 Å². The first-order valence-corrected chi connectivity index (χ1v) is 7.13. The molecule has 1 amide bonds. The number of nitrogens with zero attached hydrogens (tertiary/aromatic N) is 1. The van der Waals surface area contributed by atoms with Gasteiger partial charge < -0.3 is 15.4 Å². The van der Waals surface area contributed by atoms with Crippen molar-refractivity contribution in [1.82, 2.24) is 4.90 Å². The Balaban J connectivity index is 2.82. The van der Waals surface area contributed by atoms with Crippen LogP contribution in [0.25, 0.3) is 0 Å². The van der Waals surface area contributed by atoms with E-state index in [1.54, 1.807) is 6.92 Å². The number of esters is 1. The van der Waals surface area contributed by atoms with Crippen molar-refractivity contribution in [3.05, 3.63) is 0 Å². The average Bonchev–Trinajstić information content (AvgIpc) is 2.86. The van der Waals surface area contributed by atoms with Crippen LogP contribution in [0.1, 0.15) is 39.5 Å². The highest BCUT2D eigenvalue weighted by atomic mass is 32.1. The maximum Gasteiger partial charge on any atom is 0.325 e. The molecule has 1 rings (SSSR count). The van der Waals surface area contributed by atoms with Crippen molar-refractivity contribution in [2.24, 2.45) is 11.1 Å². The van der Waals surface area contributed by atoms with E-state index in [0.717, 1.165) is 12.8 Å². The summed E-state index contributed by atoms with van der Waals surface area (Å²) in [6.45, 7) is 4.30. The summed E-state index contributed by atoms with van der Waals surface area (Å²) in [5.74, 6) is -0.526. The van der Waals surface area contributed by atoms with Crippen molar-refractivity contribution in [2.45, 2.75) is 39.5 Å². The summed E-state index contributed by atoms with van der Waals surface area (Å²) in [6.07, 6.45) is 3.25. The molecule has 0 unspecified atom stereocenters. The standard InChI is InChI=1S/C13H22N2O3S/c1-3-15(9-10(16)18-4-2)12(17)13(11(14)19)7-5-6-8-13/h3-9H2,1-2H3,(H2,14,19). The van der Waals surface area contributed by atoms with Crippen LogP contribution in [0.4, 0.5) is 0 Å². The summed E-state index contributed by atoms with van der Waals surface area (Å²) in [5, 5.41) is 0. The molecule has 0 radical (unpaired) electrons. The number of thiocarbonyl (C=S) groups is 1. The number of ether oxygens (including phenoxy) is 1. The zero-order chi connectivity index (χ0) is 14.5. The van der Waals surface area contributed by atoms with Crippen molar-refractivity contribution in [3.63, 3.8) is 0 Å². The Bertz CT molecular complexity index is 365. The van der Waals surface area contributed by atoms with Crippen molar-refractivity contribution >= 4 is 29.1 Å². The van der Waals surface area contributed by atoms with E-state index in [9.17, 15) is 9.59 Å². The van der Waals surface area contributed by atoms with Crippen molar-refractivity contribution in [2.75, 3.05) is 19.7 Å². The lowest BCUT2D eigenvalue weighted by Gasteiger charge is -2.32. The Kier molecular flexibility index (Phi) is 5.72. The highest BCUT2D eigenvalue weighted by Gasteiger charge is 2.46. The van der Waals surface area contributed by atoms with E-state index in [1.165, 1.54) is 4.90 Å². The molecule has 1 aliphatic rings. The molecule has 0 spiro atoms. The van der Waals surface area contributed by atoms with E-state index in [1.807, 2.05) is 6.92 Å². The van der Waals surface area contributed by atoms with Crippen molar-refractivity contribution in [1.29, 1.82) is 0 Å². The van der Waals surface area contributed by atoms with Crippen LogP contribution in [-0.4, -0.2) is 41.5 Å². The number of carbonyl (C=O) groups is 2. The van der Waals surface area contributed by atoms with E-state index < -0.39 is 11.4 Å². The Morgan fingerprint density at radius 1 is 1.32 bits per heavy atom. The molecule has 1 saturated carbocycles. The van der Waals surface area contributed by atoms with Crippen LogP contribution in [-0.2, 0) is 14.3 Å². The highest BCUT2D eigenvalue weighted by molar-refractivity contribution is 7.80. The minimum Gasteiger partial charge on any atom is -0.465 e. The number of likely N-dealkylation sites (N-methyl/N-ethyl adjacent to an activating group) is 1. The predicted molar refractivity (Wildman–Crippen MR) is 76.6 cm³/mol. The summed E-state index contributed by atoms with van der Waals surface area (Å²) in [6, 6.07) is 0. The number of nitrogens with two attached hydrogens (primary N) is 1. The molecule has 1 aliphatic carbocycles. The molecule has 0 aromatic heterocycles. The molecule has 0 bridgehead atoms. The molecule has 0 heterocycles. The molecule has 6 heteroatoms. The van der Waals surface area contributed by atoms with Gasteiger partial charge in [-0.2, -0.15) is 0 Å². The lowest BCUT2D eigenvalue weighted by Crippen LogP contribution is -2.50. The molecule has 0 atom stereocenters. The third-order valence-electron chi connectivity index (χ3n) is 3.63. The Morgan fingerprint density at radius 3 is 2.32 bits per heavy atom. The molecule has 19 heavy (non-hydrogen) atoms. The predicted octanol–water partition coefficient (Wildman–Crippen LogP) is 1.24. The van der Waals surface area contributed by atoms with Gasteiger partial charge in [-0.1, -0.05) is 25.1 Å². The lowest BCUT2D eigenvalue weighted by molar-refractivity contribution is -0.151. The minimum atomic E-state index is -0.752. The van der Waals surface area contributed by atoms with Gasteiger partial charge in [0.15, 0.2) is 0 Å². The lowest BCUT2D eigenvalue weighted by atomic mass is 9.84. The summed E-state index contributed by atoms with van der Waals surface area (Å²) in [4.78, 5) is 25.9. The normalized spacial score (nSPS) is 16.9. The third kappa shape index (κ3) is 3.43. The SMILES string of the molecule is CCOC(=O)CN(CC)C(=O)C1(C(N)=S)CCCC1. The molecule has 5 nitrogen and oxygen atoms in total. The van der Waals surface area contributed by atoms with Gasteiger partial charge in [-0.25, -0.2) is 0 Å². The molecule has 2 N–H and O–H groups in total. The fraction of sp³-hybridized carbons (Fsp3) is 0.769. The van der Waals surface area contributed by atoms with Crippen LogP contribution in [0.5, 0.6) is 0 Å².